The van der Waals surface area contributed by atoms with Crippen molar-refractivity contribution in [2.24, 2.45) is 0 Å². The summed E-state index contributed by atoms with van der Waals surface area (Å²) in [5.41, 5.74) is 2.05. The van der Waals surface area contributed by atoms with Gasteiger partial charge in [-0.2, -0.15) is 5.10 Å². The first-order valence-corrected chi connectivity index (χ1v) is 6.58. The number of anilines is 1. The molecule has 0 saturated heterocycles. The normalized spacial score (nSPS) is 10.4. The minimum atomic E-state index is -0.0495. The Labute approximate surface area is 113 Å². The zero-order valence-corrected chi connectivity index (χ0v) is 11.2. The van der Waals surface area contributed by atoms with E-state index in [1.54, 1.807) is 19.3 Å². The average molecular weight is 257 g/mol. The lowest BCUT2D eigenvalue weighted by atomic mass is 10.1. The topological polar surface area (TPSA) is 46.9 Å². The number of hydrogen-bond donors (Lipinski definition) is 1. The van der Waals surface area contributed by atoms with Crippen molar-refractivity contribution in [2.45, 2.75) is 25.8 Å². The summed E-state index contributed by atoms with van der Waals surface area (Å²) < 4.78 is 1.52. The Kier molecular flexibility index (Phi) is 4.72. The summed E-state index contributed by atoms with van der Waals surface area (Å²) >= 11 is 0. The van der Waals surface area contributed by atoms with Gasteiger partial charge < -0.3 is 5.32 Å². The molecule has 4 heteroatoms. The molecule has 0 aliphatic carbocycles. The van der Waals surface area contributed by atoms with Gasteiger partial charge in [0, 0.05) is 19.7 Å². The molecule has 0 aliphatic rings. The number of unbranched alkanes of at least 4 members (excludes halogenated alkanes) is 1. The second-order valence-electron chi connectivity index (χ2n) is 4.50. The van der Waals surface area contributed by atoms with Gasteiger partial charge in [-0.1, -0.05) is 30.3 Å². The standard InChI is InChI=1S/C15H19N3O/c1-16-14-11-15(19)18(17-12-14)10-6-5-9-13-7-3-2-4-8-13/h2-4,7-8,11-12,16H,5-6,9-10H2,1H3. The third kappa shape index (κ3) is 3.95. The predicted octanol–water partition coefficient (Wildman–Crippen LogP) is 2.31. The molecular formula is C15H19N3O. The van der Waals surface area contributed by atoms with Crippen molar-refractivity contribution in [3.05, 3.63) is 58.5 Å². The molecule has 1 heterocycles. The maximum atomic E-state index is 11.7. The Morgan fingerprint density at radius 2 is 2.00 bits per heavy atom. The van der Waals surface area contributed by atoms with Crippen molar-refractivity contribution >= 4 is 5.69 Å². The second kappa shape index (κ2) is 6.73. The highest BCUT2D eigenvalue weighted by molar-refractivity contribution is 5.37. The van der Waals surface area contributed by atoms with Gasteiger partial charge in [0.25, 0.3) is 5.56 Å². The quantitative estimate of drug-likeness (QED) is 0.808. The van der Waals surface area contributed by atoms with Crippen LogP contribution >= 0.6 is 0 Å². The molecule has 100 valence electrons. The molecule has 1 aromatic heterocycles. The predicted molar refractivity (Wildman–Crippen MR) is 77.4 cm³/mol. The van der Waals surface area contributed by atoms with E-state index >= 15 is 0 Å². The first kappa shape index (κ1) is 13.3. The summed E-state index contributed by atoms with van der Waals surface area (Å²) in [6.45, 7) is 0.676. The van der Waals surface area contributed by atoms with E-state index in [-0.39, 0.29) is 5.56 Å². The summed E-state index contributed by atoms with van der Waals surface area (Å²) in [6.07, 6.45) is 4.75. The number of hydrogen-bond acceptors (Lipinski definition) is 3. The van der Waals surface area contributed by atoms with Crippen LogP contribution in [0.15, 0.2) is 47.4 Å². The maximum Gasteiger partial charge on any atom is 0.268 e. The Morgan fingerprint density at radius 1 is 1.21 bits per heavy atom. The number of benzene rings is 1. The molecule has 0 unspecified atom stereocenters. The Hall–Kier alpha value is -2.10. The van der Waals surface area contributed by atoms with E-state index in [1.807, 2.05) is 6.07 Å². The number of aromatic nitrogens is 2. The molecule has 0 spiro atoms. The fourth-order valence-electron chi connectivity index (χ4n) is 1.97. The van der Waals surface area contributed by atoms with E-state index in [2.05, 4.69) is 34.7 Å². The van der Waals surface area contributed by atoms with Crippen molar-refractivity contribution in [2.75, 3.05) is 12.4 Å². The molecule has 1 aromatic carbocycles. The molecule has 19 heavy (non-hydrogen) atoms. The first-order chi connectivity index (χ1) is 9.29. The minimum Gasteiger partial charge on any atom is -0.387 e. The molecule has 0 atom stereocenters. The fourth-order valence-corrected chi connectivity index (χ4v) is 1.97. The number of aryl methyl sites for hydroxylation is 2. The van der Waals surface area contributed by atoms with Crippen LogP contribution in [0, 0.1) is 0 Å². The van der Waals surface area contributed by atoms with Gasteiger partial charge in [-0.05, 0) is 24.8 Å². The highest BCUT2D eigenvalue weighted by atomic mass is 16.1. The lowest BCUT2D eigenvalue weighted by Crippen LogP contribution is -2.22. The van der Waals surface area contributed by atoms with E-state index in [0.29, 0.717) is 6.54 Å². The molecule has 2 rings (SSSR count). The summed E-state index contributed by atoms with van der Waals surface area (Å²) in [4.78, 5) is 11.7. The largest absolute Gasteiger partial charge is 0.387 e. The van der Waals surface area contributed by atoms with E-state index < -0.39 is 0 Å². The number of nitrogens with zero attached hydrogens (tertiary/aromatic N) is 2. The molecule has 0 aliphatic heterocycles. The molecule has 0 bridgehead atoms. The van der Waals surface area contributed by atoms with Crippen LogP contribution in [-0.4, -0.2) is 16.8 Å². The maximum absolute atomic E-state index is 11.7. The van der Waals surface area contributed by atoms with Gasteiger partial charge in [0.15, 0.2) is 0 Å². The van der Waals surface area contributed by atoms with Crippen molar-refractivity contribution in [3.63, 3.8) is 0 Å². The molecule has 0 radical (unpaired) electrons. The Morgan fingerprint density at radius 3 is 2.68 bits per heavy atom. The van der Waals surface area contributed by atoms with Crippen LogP contribution in [0.5, 0.6) is 0 Å². The SMILES string of the molecule is CNc1cnn(CCCCc2ccccc2)c(=O)c1. The highest BCUT2D eigenvalue weighted by Gasteiger charge is 1.99. The number of rotatable bonds is 6. The van der Waals surface area contributed by atoms with Crippen molar-refractivity contribution < 1.29 is 0 Å². The monoisotopic (exact) mass is 257 g/mol. The fraction of sp³-hybridized carbons (Fsp3) is 0.333. The summed E-state index contributed by atoms with van der Waals surface area (Å²) in [6, 6.07) is 12.0. The van der Waals surface area contributed by atoms with E-state index in [4.69, 9.17) is 0 Å². The van der Waals surface area contributed by atoms with Crippen LogP contribution in [-0.2, 0) is 13.0 Å². The third-order valence-corrected chi connectivity index (χ3v) is 3.09. The van der Waals surface area contributed by atoms with Gasteiger partial charge in [0.2, 0.25) is 0 Å². The van der Waals surface area contributed by atoms with Crippen LogP contribution in [0.4, 0.5) is 5.69 Å². The molecule has 0 amide bonds. The first-order valence-electron chi connectivity index (χ1n) is 6.58. The highest BCUT2D eigenvalue weighted by Crippen LogP contribution is 2.05. The molecule has 2 aromatic rings. The van der Waals surface area contributed by atoms with Gasteiger partial charge in [-0.3, -0.25) is 4.79 Å². The number of nitrogens with one attached hydrogen (secondary N) is 1. The van der Waals surface area contributed by atoms with Crippen molar-refractivity contribution in [1.82, 2.24) is 9.78 Å². The minimum absolute atomic E-state index is 0.0495. The van der Waals surface area contributed by atoms with E-state index in [9.17, 15) is 4.79 Å². The van der Waals surface area contributed by atoms with Crippen LogP contribution < -0.4 is 10.9 Å². The zero-order valence-electron chi connectivity index (χ0n) is 11.2. The van der Waals surface area contributed by atoms with E-state index in [0.717, 1.165) is 24.9 Å². The smallest absolute Gasteiger partial charge is 0.268 e. The third-order valence-electron chi connectivity index (χ3n) is 3.09. The zero-order chi connectivity index (χ0) is 13.5. The molecule has 0 fully saturated rings. The average Bonchev–Trinajstić information content (AvgIpc) is 2.46. The summed E-state index contributed by atoms with van der Waals surface area (Å²) in [7, 11) is 1.78. The molecule has 1 N–H and O–H groups in total. The lowest BCUT2D eigenvalue weighted by Gasteiger charge is -2.05. The summed E-state index contributed by atoms with van der Waals surface area (Å²) in [5, 5.41) is 7.04. The van der Waals surface area contributed by atoms with Crippen LogP contribution in [0.25, 0.3) is 0 Å². The summed E-state index contributed by atoms with van der Waals surface area (Å²) in [5.74, 6) is 0. The molecule has 4 nitrogen and oxygen atoms in total. The van der Waals surface area contributed by atoms with Crippen LogP contribution in [0.2, 0.25) is 0 Å². The van der Waals surface area contributed by atoms with Crippen LogP contribution in [0.1, 0.15) is 18.4 Å². The van der Waals surface area contributed by atoms with Gasteiger partial charge in [0.05, 0.1) is 11.9 Å². The second-order valence-corrected chi connectivity index (χ2v) is 4.50. The molecular weight excluding hydrogens is 238 g/mol. The van der Waals surface area contributed by atoms with Gasteiger partial charge in [0.1, 0.15) is 0 Å². The Balaban J connectivity index is 1.81. The lowest BCUT2D eigenvalue weighted by molar-refractivity contribution is 0.532. The van der Waals surface area contributed by atoms with Crippen LogP contribution in [0.3, 0.4) is 0 Å². The Bertz CT molecular complexity index is 563. The van der Waals surface area contributed by atoms with Crippen molar-refractivity contribution in [3.8, 4) is 0 Å². The van der Waals surface area contributed by atoms with Gasteiger partial charge in [-0.15, -0.1) is 0 Å². The van der Waals surface area contributed by atoms with E-state index in [1.165, 1.54) is 10.2 Å². The molecule has 0 saturated carbocycles. The van der Waals surface area contributed by atoms with Gasteiger partial charge in [-0.25, -0.2) is 4.68 Å². The van der Waals surface area contributed by atoms with Crippen molar-refractivity contribution in [1.29, 1.82) is 0 Å². The van der Waals surface area contributed by atoms with Gasteiger partial charge >= 0.3 is 0 Å².